The molecule has 1 fully saturated rings. The minimum absolute atomic E-state index is 0.0159. The normalized spacial score (nSPS) is 23.1. The second-order valence-electron chi connectivity index (χ2n) is 6.90. The third-order valence-electron chi connectivity index (χ3n) is 4.60. The van der Waals surface area contributed by atoms with E-state index in [2.05, 4.69) is 20.8 Å². The molecule has 3 rings (SSSR count). The second-order valence-corrected chi connectivity index (χ2v) is 10.3. The van der Waals surface area contributed by atoms with Gasteiger partial charge in [0, 0.05) is 24.0 Å². The van der Waals surface area contributed by atoms with Crippen molar-refractivity contribution in [2.24, 2.45) is 5.73 Å². The summed E-state index contributed by atoms with van der Waals surface area (Å²) >= 11 is 3.48. The number of β-lactam (4-membered cyclic amide) rings is 1. The van der Waals surface area contributed by atoms with Gasteiger partial charge in [-0.3, -0.25) is 19.3 Å². The van der Waals surface area contributed by atoms with E-state index in [4.69, 9.17) is 15.6 Å². The smallest absolute Gasteiger partial charge is 0.352 e. The summed E-state index contributed by atoms with van der Waals surface area (Å²) in [6.45, 7) is 1.28. The van der Waals surface area contributed by atoms with E-state index in [0.29, 0.717) is 5.57 Å². The second kappa shape index (κ2) is 10.3. The SMILES string of the molecule is CO[C@@]1(NC(=O)CSC(C)N)C(=O)N2C(C(=O)O)=C(CSc3nnnn3CC(=O)O)CS[C@@H]21. The summed E-state index contributed by atoms with van der Waals surface area (Å²) in [5.41, 5.74) is 4.18. The van der Waals surface area contributed by atoms with Gasteiger partial charge in [-0.15, -0.1) is 28.6 Å². The minimum atomic E-state index is -1.68. The fourth-order valence-electron chi connectivity index (χ4n) is 3.18. The van der Waals surface area contributed by atoms with Crippen LogP contribution in [0, 0.1) is 0 Å². The number of nitrogens with two attached hydrogens (primary N) is 1. The molecule has 2 aliphatic heterocycles. The Morgan fingerprint density at radius 2 is 2.15 bits per heavy atom. The summed E-state index contributed by atoms with van der Waals surface area (Å²) in [5.74, 6) is -3.23. The molecule has 14 nitrogen and oxygen atoms in total. The number of methoxy groups -OCH3 is 1. The Morgan fingerprint density at radius 1 is 1.42 bits per heavy atom. The Hall–Kier alpha value is -2.34. The highest BCUT2D eigenvalue weighted by Crippen LogP contribution is 2.47. The van der Waals surface area contributed by atoms with Crippen LogP contribution in [0.3, 0.4) is 0 Å². The highest BCUT2D eigenvalue weighted by molar-refractivity contribution is 8.01. The van der Waals surface area contributed by atoms with E-state index in [9.17, 15) is 24.3 Å². The number of hydrogen-bond acceptors (Lipinski definition) is 12. The molecule has 33 heavy (non-hydrogen) atoms. The maximum atomic E-state index is 13.0. The molecule has 3 atom stereocenters. The molecular weight excluding hydrogens is 498 g/mol. The quantitative estimate of drug-likeness (QED) is 0.151. The summed E-state index contributed by atoms with van der Waals surface area (Å²) < 4.78 is 6.45. The number of aromatic nitrogens is 4. The van der Waals surface area contributed by atoms with Gasteiger partial charge in [0.2, 0.25) is 11.1 Å². The molecular formula is C16H21N7O7S3. The first-order valence-corrected chi connectivity index (χ1v) is 12.4. The number of rotatable bonds is 11. The number of aliphatic carboxylic acids is 2. The molecule has 5 N–H and O–H groups in total. The Balaban J connectivity index is 1.77. The van der Waals surface area contributed by atoms with Crippen molar-refractivity contribution in [3.63, 3.8) is 0 Å². The van der Waals surface area contributed by atoms with E-state index in [1.807, 2.05) is 0 Å². The largest absolute Gasteiger partial charge is 0.480 e. The first-order valence-electron chi connectivity index (χ1n) is 9.35. The molecule has 2 aliphatic rings. The maximum absolute atomic E-state index is 13.0. The molecule has 2 amide bonds. The molecule has 1 aromatic rings. The molecule has 0 spiro atoms. The van der Waals surface area contributed by atoms with Gasteiger partial charge < -0.3 is 26.0 Å². The number of carbonyl (C=O) groups is 4. The lowest BCUT2D eigenvalue weighted by molar-refractivity contribution is -0.192. The number of ether oxygens (including phenoxy) is 1. The Labute approximate surface area is 200 Å². The van der Waals surface area contributed by atoms with Gasteiger partial charge in [-0.05, 0) is 22.9 Å². The van der Waals surface area contributed by atoms with Crippen LogP contribution in [0.1, 0.15) is 6.92 Å². The van der Waals surface area contributed by atoms with Crippen LogP contribution >= 0.6 is 35.3 Å². The van der Waals surface area contributed by atoms with E-state index in [1.54, 1.807) is 6.92 Å². The molecule has 0 saturated carbocycles. The minimum Gasteiger partial charge on any atom is -0.480 e. The van der Waals surface area contributed by atoms with Crippen LogP contribution in [0.4, 0.5) is 0 Å². The number of nitrogens with zero attached hydrogens (tertiary/aromatic N) is 5. The highest BCUT2D eigenvalue weighted by Gasteiger charge is 2.66. The molecule has 3 heterocycles. The Morgan fingerprint density at radius 3 is 2.76 bits per heavy atom. The van der Waals surface area contributed by atoms with Crippen LogP contribution in [0.2, 0.25) is 0 Å². The van der Waals surface area contributed by atoms with E-state index in [1.165, 1.54) is 30.6 Å². The van der Waals surface area contributed by atoms with Crippen molar-refractivity contribution in [2.75, 3.05) is 24.4 Å². The van der Waals surface area contributed by atoms with E-state index in [-0.39, 0.29) is 33.5 Å². The zero-order chi connectivity index (χ0) is 24.3. The average molecular weight is 520 g/mol. The molecule has 0 aromatic carbocycles. The van der Waals surface area contributed by atoms with Crippen molar-refractivity contribution in [1.82, 2.24) is 30.4 Å². The van der Waals surface area contributed by atoms with Crippen molar-refractivity contribution in [1.29, 1.82) is 0 Å². The number of thioether (sulfide) groups is 3. The number of amides is 2. The summed E-state index contributed by atoms with van der Waals surface area (Å²) in [4.78, 5) is 49.4. The summed E-state index contributed by atoms with van der Waals surface area (Å²) in [7, 11) is 1.27. The van der Waals surface area contributed by atoms with Crippen molar-refractivity contribution < 1.29 is 34.1 Å². The van der Waals surface area contributed by atoms with Gasteiger partial charge in [0.1, 0.15) is 17.6 Å². The molecule has 0 bridgehead atoms. The van der Waals surface area contributed by atoms with Crippen molar-refractivity contribution in [3.8, 4) is 0 Å². The fraction of sp³-hybridized carbons (Fsp3) is 0.562. The molecule has 1 saturated heterocycles. The molecule has 1 aromatic heterocycles. The lowest BCUT2D eigenvalue weighted by Crippen LogP contribution is -2.80. The summed E-state index contributed by atoms with van der Waals surface area (Å²) in [6, 6.07) is 0. The van der Waals surface area contributed by atoms with E-state index < -0.39 is 41.4 Å². The van der Waals surface area contributed by atoms with E-state index in [0.717, 1.165) is 21.3 Å². The Kier molecular flexibility index (Phi) is 7.88. The van der Waals surface area contributed by atoms with Crippen LogP contribution < -0.4 is 11.1 Å². The van der Waals surface area contributed by atoms with Crippen LogP contribution in [0.25, 0.3) is 0 Å². The number of carboxylic acids is 2. The number of nitrogens with one attached hydrogen (secondary N) is 1. The first kappa shape index (κ1) is 25.3. The van der Waals surface area contributed by atoms with Crippen molar-refractivity contribution >= 4 is 59.0 Å². The number of carboxylic acid groups (broad SMARTS) is 2. The molecule has 0 radical (unpaired) electrons. The van der Waals surface area contributed by atoms with Gasteiger partial charge in [-0.25, -0.2) is 9.48 Å². The molecule has 17 heteroatoms. The number of carbonyl (C=O) groups excluding carboxylic acids is 2. The number of tetrazole rings is 1. The van der Waals surface area contributed by atoms with Crippen LogP contribution in [0.15, 0.2) is 16.4 Å². The first-order chi connectivity index (χ1) is 15.6. The third-order valence-corrected chi connectivity index (χ3v) is 7.97. The Bertz CT molecular complexity index is 1000. The van der Waals surface area contributed by atoms with Gasteiger partial charge in [0.25, 0.3) is 11.6 Å². The lowest BCUT2D eigenvalue weighted by Gasteiger charge is -2.55. The van der Waals surface area contributed by atoms with Crippen LogP contribution in [-0.4, -0.2) is 99.9 Å². The molecule has 1 unspecified atom stereocenters. The fourth-order valence-corrected chi connectivity index (χ4v) is 6.12. The zero-order valence-corrected chi connectivity index (χ0v) is 19.9. The predicted molar refractivity (Wildman–Crippen MR) is 118 cm³/mol. The maximum Gasteiger partial charge on any atom is 0.352 e. The number of hydrogen-bond donors (Lipinski definition) is 4. The average Bonchev–Trinajstić information content (AvgIpc) is 3.19. The van der Waals surface area contributed by atoms with E-state index >= 15 is 0 Å². The van der Waals surface area contributed by atoms with Gasteiger partial charge in [0.05, 0.1) is 5.75 Å². The van der Waals surface area contributed by atoms with Gasteiger partial charge in [-0.1, -0.05) is 11.8 Å². The standard InChI is InChI=1S/C16H21N7O7S3/c1-7(17)31-6-9(24)18-16(30-2)13(29)23-11(12(27)28)8(4-32-14(16)23)5-33-15-19-20-21-22(15)3-10(25)26/h7,14H,3-6,17H2,1-2H3,(H,18,24)(H,25,26)(H,27,28)/t7?,14-,16+/m1/s1. The monoisotopic (exact) mass is 519 g/mol. The van der Waals surface area contributed by atoms with Crippen LogP contribution in [0.5, 0.6) is 0 Å². The molecule has 180 valence electrons. The van der Waals surface area contributed by atoms with Crippen molar-refractivity contribution in [2.45, 2.75) is 35.1 Å². The third kappa shape index (κ3) is 5.11. The topological polar surface area (TPSA) is 203 Å². The zero-order valence-electron chi connectivity index (χ0n) is 17.5. The highest BCUT2D eigenvalue weighted by atomic mass is 32.2. The van der Waals surface area contributed by atoms with Gasteiger partial charge in [-0.2, -0.15) is 0 Å². The van der Waals surface area contributed by atoms with Gasteiger partial charge in [0.15, 0.2) is 0 Å². The number of fused-ring (bicyclic) bond motifs is 1. The lowest BCUT2D eigenvalue weighted by atomic mass is 9.98. The van der Waals surface area contributed by atoms with Gasteiger partial charge >= 0.3 is 11.9 Å². The summed E-state index contributed by atoms with van der Waals surface area (Å²) in [6.07, 6.45) is 0. The van der Waals surface area contributed by atoms with Crippen molar-refractivity contribution in [3.05, 3.63) is 11.3 Å². The molecule has 0 aliphatic carbocycles. The summed E-state index contributed by atoms with van der Waals surface area (Å²) in [5, 5.41) is 31.3. The van der Waals surface area contributed by atoms with Crippen LogP contribution in [-0.2, 0) is 30.5 Å². The predicted octanol–water partition coefficient (Wildman–Crippen LogP) is -1.40.